The maximum absolute atomic E-state index is 12.4. The summed E-state index contributed by atoms with van der Waals surface area (Å²) in [5.74, 6) is -0.772. The summed E-state index contributed by atoms with van der Waals surface area (Å²) in [6.45, 7) is 2.23. The molecule has 1 aromatic heterocycles. The summed E-state index contributed by atoms with van der Waals surface area (Å²) in [6.07, 6.45) is 1.88. The summed E-state index contributed by atoms with van der Waals surface area (Å²) in [7, 11) is 0. The van der Waals surface area contributed by atoms with E-state index in [0.29, 0.717) is 24.5 Å². The normalized spacial score (nSPS) is 16.4. The molecule has 7 nitrogen and oxygen atoms in total. The van der Waals surface area contributed by atoms with E-state index in [-0.39, 0.29) is 30.1 Å². The number of hydrogen-bond donors (Lipinski definition) is 2. The van der Waals surface area contributed by atoms with Crippen LogP contribution in [0.4, 0.5) is 11.4 Å². The molecule has 1 aliphatic heterocycles. The van der Waals surface area contributed by atoms with Crippen molar-refractivity contribution in [3.63, 3.8) is 0 Å². The molecule has 134 valence electrons. The molecule has 2 heterocycles. The Hall–Kier alpha value is -3.22. The Labute approximate surface area is 151 Å². The fourth-order valence-electron chi connectivity index (χ4n) is 2.87. The molecule has 1 atom stereocenters. The maximum atomic E-state index is 12.4. The molecule has 3 rings (SSSR count). The summed E-state index contributed by atoms with van der Waals surface area (Å²) >= 11 is 0. The number of benzene rings is 1. The van der Waals surface area contributed by atoms with Crippen molar-refractivity contribution in [2.24, 2.45) is 5.92 Å². The van der Waals surface area contributed by atoms with E-state index in [0.717, 1.165) is 5.69 Å². The molecule has 0 spiro atoms. The van der Waals surface area contributed by atoms with Crippen molar-refractivity contribution in [1.29, 1.82) is 0 Å². The Morgan fingerprint density at radius 1 is 1.12 bits per heavy atom. The highest BCUT2D eigenvalue weighted by Crippen LogP contribution is 2.22. The van der Waals surface area contributed by atoms with Crippen LogP contribution in [0.3, 0.4) is 0 Å². The molecule has 26 heavy (non-hydrogen) atoms. The van der Waals surface area contributed by atoms with Gasteiger partial charge in [0, 0.05) is 37.5 Å². The number of nitrogens with one attached hydrogen (secondary N) is 2. The van der Waals surface area contributed by atoms with Gasteiger partial charge in [-0.3, -0.25) is 19.4 Å². The monoisotopic (exact) mass is 352 g/mol. The van der Waals surface area contributed by atoms with E-state index in [1.54, 1.807) is 35.4 Å². The first kappa shape index (κ1) is 17.6. The van der Waals surface area contributed by atoms with E-state index in [9.17, 15) is 14.4 Å². The van der Waals surface area contributed by atoms with Gasteiger partial charge in [-0.2, -0.15) is 0 Å². The van der Waals surface area contributed by atoms with Crippen molar-refractivity contribution in [3.8, 4) is 0 Å². The van der Waals surface area contributed by atoms with E-state index in [1.165, 1.54) is 6.92 Å². The first-order chi connectivity index (χ1) is 12.5. The van der Waals surface area contributed by atoms with Crippen LogP contribution in [0.2, 0.25) is 0 Å². The molecule has 2 aromatic rings. The van der Waals surface area contributed by atoms with Crippen molar-refractivity contribution >= 4 is 29.1 Å². The lowest BCUT2D eigenvalue weighted by atomic mass is 10.1. The molecule has 1 unspecified atom stereocenters. The smallest absolute Gasteiger partial charge is 0.229 e. The van der Waals surface area contributed by atoms with Gasteiger partial charge in [-0.15, -0.1) is 0 Å². The lowest BCUT2D eigenvalue weighted by Gasteiger charge is -2.16. The number of rotatable bonds is 5. The first-order valence-corrected chi connectivity index (χ1v) is 8.37. The lowest BCUT2D eigenvalue weighted by molar-refractivity contribution is -0.128. The molecule has 0 aliphatic carbocycles. The van der Waals surface area contributed by atoms with Crippen LogP contribution in [0.25, 0.3) is 0 Å². The maximum Gasteiger partial charge on any atom is 0.229 e. The highest BCUT2D eigenvalue weighted by Gasteiger charge is 2.34. The molecule has 2 N–H and O–H groups in total. The number of carbonyl (C=O) groups excluding carboxylic acids is 3. The minimum absolute atomic E-state index is 0.0446. The third-order valence-corrected chi connectivity index (χ3v) is 4.14. The van der Waals surface area contributed by atoms with Gasteiger partial charge in [0.05, 0.1) is 18.2 Å². The van der Waals surface area contributed by atoms with Crippen molar-refractivity contribution in [1.82, 2.24) is 9.88 Å². The second-order valence-electron chi connectivity index (χ2n) is 6.24. The van der Waals surface area contributed by atoms with Gasteiger partial charge in [-0.25, -0.2) is 0 Å². The molecule has 1 aliphatic rings. The largest absolute Gasteiger partial charge is 0.336 e. The van der Waals surface area contributed by atoms with Gasteiger partial charge in [0.2, 0.25) is 17.7 Å². The molecule has 0 radical (unpaired) electrons. The van der Waals surface area contributed by atoms with E-state index in [1.807, 2.05) is 18.2 Å². The Bertz CT molecular complexity index is 805. The van der Waals surface area contributed by atoms with Crippen molar-refractivity contribution in [3.05, 3.63) is 54.4 Å². The van der Waals surface area contributed by atoms with Gasteiger partial charge >= 0.3 is 0 Å². The Kier molecular flexibility index (Phi) is 5.26. The van der Waals surface area contributed by atoms with Crippen molar-refractivity contribution in [2.45, 2.75) is 19.9 Å². The van der Waals surface area contributed by atoms with Gasteiger partial charge in [-0.05, 0) is 36.4 Å². The van der Waals surface area contributed by atoms with E-state index in [2.05, 4.69) is 15.6 Å². The average Bonchev–Trinajstić information content (AvgIpc) is 2.98. The summed E-state index contributed by atoms with van der Waals surface area (Å²) in [6, 6.07) is 12.4. The van der Waals surface area contributed by atoms with Gasteiger partial charge in [-0.1, -0.05) is 6.07 Å². The second-order valence-corrected chi connectivity index (χ2v) is 6.24. The van der Waals surface area contributed by atoms with Crippen molar-refractivity contribution in [2.75, 3.05) is 17.2 Å². The molecule has 0 saturated carbocycles. The minimum atomic E-state index is -0.388. The van der Waals surface area contributed by atoms with Gasteiger partial charge < -0.3 is 15.5 Å². The molecular weight excluding hydrogens is 332 g/mol. The third-order valence-electron chi connectivity index (χ3n) is 4.14. The number of nitrogens with zero attached hydrogens (tertiary/aromatic N) is 2. The zero-order valence-electron chi connectivity index (χ0n) is 14.4. The Morgan fingerprint density at radius 3 is 2.42 bits per heavy atom. The predicted molar refractivity (Wildman–Crippen MR) is 97.1 cm³/mol. The molecule has 7 heteroatoms. The van der Waals surface area contributed by atoms with E-state index in [4.69, 9.17) is 0 Å². The second kappa shape index (κ2) is 7.77. The standard InChI is InChI=1S/C19H20N4O3/c1-13(24)21-15-5-7-16(8-6-15)22-19(26)14-10-18(25)23(11-14)12-17-4-2-3-9-20-17/h2-9,14H,10-12H2,1H3,(H,21,24)(H,22,26). The van der Waals surface area contributed by atoms with Crippen LogP contribution in [0.1, 0.15) is 19.0 Å². The molecular formula is C19H20N4O3. The number of likely N-dealkylation sites (tertiary alicyclic amines) is 1. The lowest BCUT2D eigenvalue weighted by Crippen LogP contribution is -2.28. The van der Waals surface area contributed by atoms with Gasteiger partial charge in [0.1, 0.15) is 0 Å². The third kappa shape index (κ3) is 4.44. The number of anilines is 2. The topological polar surface area (TPSA) is 91.4 Å². The molecule has 1 aromatic carbocycles. The van der Waals surface area contributed by atoms with Gasteiger partial charge in [0.25, 0.3) is 0 Å². The average molecular weight is 352 g/mol. The van der Waals surface area contributed by atoms with Crippen LogP contribution in [0.5, 0.6) is 0 Å². The fraction of sp³-hybridized carbons (Fsp3) is 0.263. The van der Waals surface area contributed by atoms with E-state index < -0.39 is 0 Å². The number of amides is 3. The SMILES string of the molecule is CC(=O)Nc1ccc(NC(=O)C2CC(=O)N(Cc3ccccn3)C2)cc1. The highest BCUT2D eigenvalue weighted by molar-refractivity contribution is 5.97. The quantitative estimate of drug-likeness (QED) is 0.861. The minimum Gasteiger partial charge on any atom is -0.336 e. The Morgan fingerprint density at radius 2 is 1.81 bits per heavy atom. The Balaban J connectivity index is 1.57. The predicted octanol–water partition coefficient (Wildman–Crippen LogP) is 2.03. The number of hydrogen-bond acceptors (Lipinski definition) is 4. The number of pyridine rings is 1. The summed E-state index contributed by atoms with van der Waals surface area (Å²) in [4.78, 5) is 41.5. The highest BCUT2D eigenvalue weighted by atomic mass is 16.2. The summed E-state index contributed by atoms with van der Waals surface area (Å²) in [5, 5.41) is 5.49. The van der Waals surface area contributed by atoms with Crippen LogP contribution in [0.15, 0.2) is 48.7 Å². The molecule has 3 amide bonds. The number of aromatic nitrogens is 1. The fourth-order valence-corrected chi connectivity index (χ4v) is 2.87. The molecule has 0 bridgehead atoms. The van der Waals surface area contributed by atoms with Crippen LogP contribution < -0.4 is 10.6 Å². The molecule has 1 saturated heterocycles. The van der Waals surface area contributed by atoms with Crippen LogP contribution in [0, 0.1) is 5.92 Å². The summed E-state index contributed by atoms with van der Waals surface area (Å²) in [5.41, 5.74) is 2.09. The molecule has 1 fully saturated rings. The first-order valence-electron chi connectivity index (χ1n) is 8.37. The zero-order chi connectivity index (χ0) is 18.5. The van der Waals surface area contributed by atoms with Gasteiger partial charge in [0.15, 0.2) is 0 Å². The van der Waals surface area contributed by atoms with Crippen LogP contribution >= 0.6 is 0 Å². The van der Waals surface area contributed by atoms with Crippen LogP contribution in [-0.2, 0) is 20.9 Å². The zero-order valence-corrected chi connectivity index (χ0v) is 14.4. The van der Waals surface area contributed by atoms with Crippen molar-refractivity contribution < 1.29 is 14.4 Å². The van der Waals surface area contributed by atoms with E-state index >= 15 is 0 Å². The van der Waals surface area contributed by atoms with Crippen LogP contribution in [-0.4, -0.2) is 34.2 Å². The number of carbonyl (C=O) groups is 3. The summed E-state index contributed by atoms with van der Waals surface area (Å²) < 4.78 is 0.